The lowest BCUT2D eigenvalue weighted by Crippen LogP contribution is -2.34. The lowest BCUT2D eigenvalue weighted by Gasteiger charge is -2.13. The first-order chi connectivity index (χ1) is 10.1. The van der Waals surface area contributed by atoms with Gasteiger partial charge in [-0.2, -0.15) is 0 Å². The van der Waals surface area contributed by atoms with E-state index in [9.17, 15) is 18.7 Å². The van der Waals surface area contributed by atoms with Gasteiger partial charge in [-0.25, -0.2) is 8.78 Å². The van der Waals surface area contributed by atoms with E-state index in [1.165, 1.54) is 17.4 Å². The normalized spacial score (nSPS) is 12.0. The maximum Gasteiger partial charge on any atom is 0.261 e. The van der Waals surface area contributed by atoms with Crippen molar-refractivity contribution >= 4 is 17.2 Å². The summed E-state index contributed by atoms with van der Waals surface area (Å²) in [7, 11) is 0. The van der Waals surface area contributed by atoms with Gasteiger partial charge in [0, 0.05) is 12.6 Å². The molecular weight excluding hydrogens is 300 g/mol. The van der Waals surface area contributed by atoms with Crippen molar-refractivity contribution in [3.05, 3.63) is 52.2 Å². The highest BCUT2D eigenvalue weighted by Gasteiger charge is 2.11. The van der Waals surface area contributed by atoms with Crippen LogP contribution in [0.1, 0.15) is 9.67 Å². The predicted molar refractivity (Wildman–Crippen MR) is 74.5 cm³/mol. The van der Waals surface area contributed by atoms with Crippen LogP contribution in [0.4, 0.5) is 8.78 Å². The highest BCUT2D eigenvalue weighted by molar-refractivity contribution is 7.12. The van der Waals surface area contributed by atoms with E-state index in [2.05, 4.69) is 5.32 Å². The van der Waals surface area contributed by atoms with Crippen LogP contribution in [-0.4, -0.2) is 30.3 Å². The van der Waals surface area contributed by atoms with E-state index in [4.69, 9.17) is 4.74 Å². The van der Waals surface area contributed by atoms with E-state index < -0.39 is 17.7 Å². The molecule has 1 heterocycles. The summed E-state index contributed by atoms with van der Waals surface area (Å²) in [4.78, 5) is 12.2. The van der Waals surface area contributed by atoms with E-state index in [0.29, 0.717) is 4.88 Å². The van der Waals surface area contributed by atoms with Crippen LogP contribution in [0.25, 0.3) is 0 Å². The molecule has 0 spiro atoms. The number of carbonyl (C=O) groups is 1. The maximum absolute atomic E-state index is 12.9. The predicted octanol–water partition coefficient (Wildman–Crippen LogP) is 2.20. The van der Waals surface area contributed by atoms with Gasteiger partial charge in [-0.15, -0.1) is 11.3 Å². The van der Waals surface area contributed by atoms with Gasteiger partial charge in [0.05, 0.1) is 4.88 Å². The summed E-state index contributed by atoms with van der Waals surface area (Å²) in [5.74, 6) is -2.16. The summed E-state index contributed by atoms with van der Waals surface area (Å²) >= 11 is 1.29. The van der Waals surface area contributed by atoms with Crippen molar-refractivity contribution in [2.24, 2.45) is 0 Å². The topological polar surface area (TPSA) is 58.6 Å². The van der Waals surface area contributed by atoms with Gasteiger partial charge in [0.15, 0.2) is 11.6 Å². The number of amides is 1. The quantitative estimate of drug-likeness (QED) is 0.859. The van der Waals surface area contributed by atoms with Gasteiger partial charge in [-0.05, 0) is 23.6 Å². The Morgan fingerprint density at radius 3 is 2.81 bits per heavy atom. The fraction of sp³-hybridized carbons (Fsp3) is 0.214. The molecule has 1 aromatic carbocycles. The lowest BCUT2D eigenvalue weighted by molar-refractivity contribution is 0.0846. The molecule has 4 nitrogen and oxygen atoms in total. The van der Waals surface area contributed by atoms with Crippen LogP contribution in [-0.2, 0) is 0 Å². The third kappa shape index (κ3) is 4.51. The fourth-order valence-electron chi connectivity index (χ4n) is 1.52. The molecule has 0 bridgehead atoms. The van der Waals surface area contributed by atoms with E-state index in [0.717, 1.165) is 12.1 Å². The van der Waals surface area contributed by atoms with Gasteiger partial charge in [0.1, 0.15) is 18.5 Å². The minimum atomic E-state index is -1.02. The van der Waals surface area contributed by atoms with Crippen molar-refractivity contribution in [1.29, 1.82) is 0 Å². The van der Waals surface area contributed by atoms with Crippen molar-refractivity contribution in [1.82, 2.24) is 5.32 Å². The number of aliphatic hydroxyl groups is 1. The minimum absolute atomic E-state index is 0.000407. The van der Waals surface area contributed by atoms with E-state index >= 15 is 0 Å². The molecule has 7 heteroatoms. The molecule has 2 rings (SSSR count). The molecule has 1 aromatic heterocycles. The molecule has 112 valence electrons. The van der Waals surface area contributed by atoms with Gasteiger partial charge >= 0.3 is 0 Å². The average Bonchev–Trinajstić information content (AvgIpc) is 3.00. The molecule has 1 atom stereocenters. The molecule has 21 heavy (non-hydrogen) atoms. The molecule has 1 amide bonds. The Hall–Kier alpha value is -1.99. The first-order valence-corrected chi connectivity index (χ1v) is 7.02. The van der Waals surface area contributed by atoms with E-state index in [1.54, 1.807) is 17.5 Å². The van der Waals surface area contributed by atoms with E-state index in [1.807, 2.05) is 0 Å². The maximum atomic E-state index is 12.9. The summed E-state index contributed by atoms with van der Waals surface area (Å²) in [5, 5.41) is 14.0. The van der Waals surface area contributed by atoms with Crippen LogP contribution in [0, 0.1) is 11.6 Å². The second kappa shape index (κ2) is 7.14. The Kier molecular flexibility index (Phi) is 5.24. The Balaban J connectivity index is 1.75. The number of thiophene rings is 1. The highest BCUT2D eigenvalue weighted by atomic mass is 32.1. The van der Waals surface area contributed by atoms with Gasteiger partial charge < -0.3 is 15.2 Å². The van der Waals surface area contributed by atoms with Crippen LogP contribution in [0.15, 0.2) is 35.7 Å². The van der Waals surface area contributed by atoms with Gasteiger partial charge in [-0.3, -0.25) is 4.79 Å². The minimum Gasteiger partial charge on any atom is -0.491 e. The number of hydrogen-bond acceptors (Lipinski definition) is 4. The molecule has 1 unspecified atom stereocenters. The lowest BCUT2D eigenvalue weighted by atomic mass is 10.3. The monoisotopic (exact) mass is 313 g/mol. The third-order valence-corrected chi connectivity index (χ3v) is 3.45. The number of benzene rings is 1. The van der Waals surface area contributed by atoms with Gasteiger partial charge in [-0.1, -0.05) is 6.07 Å². The molecule has 0 saturated heterocycles. The Morgan fingerprint density at radius 1 is 1.33 bits per heavy atom. The Labute approximate surface area is 124 Å². The SMILES string of the molecule is O=C(NCC(O)COc1ccc(F)c(F)c1)c1cccs1. The second-order valence-corrected chi connectivity index (χ2v) is 5.18. The number of ether oxygens (including phenoxy) is 1. The summed E-state index contributed by atoms with van der Waals surface area (Å²) in [6.45, 7) is -0.143. The van der Waals surface area contributed by atoms with Crippen LogP contribution in [0.2, 0.25) is 0 Å². The van der Waals surface area contributed by atoms with Crippen molar-refractivity contribution in [2.75, 3.05) is 13.2 Å². The molecule has 0 aliphatic carbocycles. The van der Waals surface area contributed by atoms with Crippen LogP contribution >= 0.6 is 11.3 Å². The Bertz CT molecular complexity index is 604. The first kappa shape index (κ1) is 15.4. The largest absolute Gasteiger partial charge is 0.491 e. The molecule has 0 radical (unpaired) electrons. The molecule has 0 fully saturated rings. The second-order valence-electron chi connectivity index (χ2n) is 4.23. The van der Waals surface area contributed by atoms with Crippen molar-refractivity contribution < 1.29 is 23.4 Å². The van der Waals surface area contributed by atoms with Crippen molar-refractivity contribution in [3.8, 4) is 5.75 Å². The summed E-state index contributed by atoms with van der Waals surface area (Å²) in [6.07, 6.45) is -0.956. The summed E-state index contributed by atoms with van der Waals surface area (Å²) < 4.78 is 30.8. The number of rotatable bonds is 6. The average molecular weight is 313 g/mol. The highest BCUT2D eigenvalue weighted by Crippen LogP contribution is 2.15. The van der Waals surface area contributed by atoms with Gasteiger partial charge in [0.25, 0.3) is 5.91 Å². The molecular formula is C14H13F2NO3S. The van der Waals surface area contributed by atoms with Crippen molar-refractivity contribution in [3.63, 3.8) is 0 Å². The van der Waals surface area contributed by atoms with Crippen molar-refractivity contribution in [2.45, 2.75) is 6.10 Å². The smallest absolute Gasteiger partial charge is 0.261 e. The summed E-state index contributed by atoms with van der Waals surface area (Å²) in [6, 6.07) is 6.52. The molecule has 0 saturated carbocycles. The molecule has 2 N–H and O–H groups in total. The first-order valence-electron chi connectivity index (χ1n) is 6.14. The van der Waals surface area contributed by atoms with Crippen LogP contribution < -0.4 is 10.1 Å². The van der Waals surface area contributed by atoms with Gasteiger partial charge in [0.2, 0.25) is 0 Å². The Morgan fingerprint density at radius 2 is 2.14 bits per heavy atom. The molecule has 2 aromatic rings. The molecule has 0 aliphatic heterocycles. The molecule has 0 aliphatic rings. The zero-order valence-corrected chi connectivity index (χ0v) is 11.7. The number of nitrogens with one attached hydrogen (secondary N) is 1. The number of halogens is 2. The van der Waals surface area contributed by atoms with Crippen LogP contribution in [0.5, 0.6) is 5.75 Å². The zero-order valence-electron chi connectivity index (χ0n) is 10.9. The fourth-order valence-corrected chi connectivity index (χ4v) is 2.16. The van der Waals surface area contributed by atoms with E-state index in [-0.39, 0.29) is 24.8 Å². The number of carbonyl (C=O) groups excluding carboxylic acids is 1. The number of hydrogen-bond donors (Lipinski definition) is 2. The standard InChI is InChI=1S/C14H13F2NO3S/c15-11-4-3-10(6-12(11)16)20-8-9(18)7-17-14(19)13-2-1-5-21-13/h1-6,9,18H,7-8H2,(H,17,19). The van der Waals surface area contributed by atoms with Crippen LogP contribution in [0.3, 0.4) is 0 Å². The summed E-state index contributed by atoms with van der Waals surface area (Å²) in [5.41, 5.74) is 0. The third-order valence-electron chi connectivity index (χ3n) is 2.58. The zero-order chi connectivity index (χ0) is 15.2. The number of aliphatic hydroxyl groups excluding tert-OH is 1.